The highest BCUT2D eigenvalue weighted by molar-refractivity contribution is 5.47. The third-order valence-corrected chi connectivity index (χ3v) is 0.599. The van der Waals surface area contributed by atoms with Gasteiger partial charge in [0.1, 0.15) is 0 Å². The number of benzene rings is 1. The molecule has 0 spiro atoms. The second kappa shape index (κ2) is 1.74. The van der Waals surface area contributed by atoms with Gasteiger partial charge in [0, 0.05) is 11.4 Å². The Hall–Kier alpha value is -1.18. The first-order valence-corrected chi connectivity index (χ1v) is 1.95. The molecule has 1 aromatic rings. The van der Waals surface area contributed by atoms with Crippen LogP contribution < -0.4 is 11.4 Å². The Kier molecular flexibility index (Phi) is 0.229. The van der Waals surface area contributed by atoms with Gasteiger partial charge in [-0.2, -0.15) is 0 Å². The van der Waals surface area contributed by atoms with Gasteiger partial charge < -0.3 is 11.4 Å². The molecule has 4 N–H and O–H groups in total. The Morgan fingerprint density at radius 1 is 1.12 bits per heavy atom. The third kappa shape index (κ3) is 0.904. The van der Waals surface area contributed by atoms with Gasteiger partial charge in [-0.3, -0.25) is 0 Å². The van der Waals surface area contributed by atoms with Crippen molar-refractivity contribution in [2.75, 3.05) is 11.4 Å². The van der Waals surface area contributed by atoms with Crippen molar-refractivity contribution in [1.82, 2.24) is 0 Å². The summed E-state index contributed by atoms with van der Waals surface area (Å²) in [5.41, 5.74) is -1.08. The van der Waals surface area contributed by atoms with Crippen LogP contribution in [0.15, 0.2) is 24.2 Å². The topological polar surface area (TPSA) is 52.0 Å². The summed E-state index contributed by atoms with van der Waals surface area (Å²) >= 11 is 0. The average molecular weight is 116 g/mol. The minimum atomic E-state index is -0.620. The van der Waals surface area contributed by atoms with E-state index in [4.69, 9.17) is 11.1 Å². The minimum Gasteiger partial charge on any atom is -0.399 e. The van der Waals surface area contributed by atoms with Crippen LogP contribution in [0.3, 0.4) is 0 Å². The molecular weight excluding hydrogens is 100 g/mol. The molecule has 0 saturated heterocycles. The van der Waals surface area contributed by atoms with Crippen LogP contribution in [0.1, 0.15) is 5.48 Å². The maximum Gasteiger partial charge on any atom is 0.156 e. The molecule has 0 heterocycles. The number of anilines is 2. The first-order valence-electron chi connectivity index (χ1n) is 5.74. The van der Waals surface area contributed by atoms with Crippen LogP contribution in [-0.2, 0) is 0 Å². The summed E-state index contributed by atoms with van der Waals surface area (Å²) in [6, 6.07) is -2.48. The van der Waals surface area contributed by atoms with Crippen molar-refractivity contribution in [2.45, 2.75) is 0 Å². The van der Waals surface area contributed by atoms with Gasteiger partial charge in [0.05, 0.1) is 5.48 Å². The molecule has 0 bridgehead atoms. The molecule has 0 aliphatic heterocycles. The van der Waals surface area contributed by atoms with Gasteiger partial charge in [-0.25, -0.2) is 0 Å². The third-order valence-electron chi connectivity index (χ3n) is 0.599. The number of hydrogen-bond donors (Lipinski definition) is 2. The number of rotatable bonds is 2. The van der Waals surface area contributed by atoms with Crippen molar-refractivity contribution in [1.29, 1.82) is 0 Å². The van der Waals surface area contributed by atoms with E-state index in [0.717, 1.165) is 0 Å². The summed E-state index contributed by atoms with van der Waals surface area (Å²) in [5.74, 6) is 0. The molecule has 0 unspecified atom stereocenters. The molecule has 1 rings (SSSR count). The van der Waals surface area contributed by atoms with Crippen molar-refractivity contribution < 1.29 is 11.1 Å². The molecule has 0 atom stereocenters. The van der Waals surface area contributed by atoms with Crippen molar-refractivity contribution in [3.63, 3.8) is 0 Å². The molecular formula is C6H8N2. The highest BCUT2D eigenvalue weighted by Crippen LogP contribution is 2.04. The number of hydrogen-bond acceptors (Lipinski definition) is 2. The predicted molar refractivity (Wildman–Crippen MR) is 35.3 cm³/mol. The summed E-state index contributed by atoms with van der Waals surface area (Å²) in [7, 11) is 0. The molecule has 8 heavy (non-hydrogen) atoms. The Morgan fingerprint density at radius 2 is 1.50 bits per heavy atom. The molecule has 0 aromatic heterocycles. The highest BCUT2D eigenvalue weighted by atomic mass is 14.6. The molecule has 0 aliphatic rings. The fourth-order valence-electron chi connectivity index (χ4n) is 0.299. The normalized spacial score (nSPS) is 22.0. The van der Waals surface area contributed by atoms with Crippen LogP contribution in [-0.4, -0.2) is 0 Å². The molecule has 2 nitrogen and oxygen atoms in total. The largest absolute Gasteiger partial charge is 0.399 e. The maximum atomic E-state index is 7.43. The molecule has 1 aromatic carbocycles. The zero-order chi connectivity index (χ0) is 12.6. The Morgan fingerprint density at radius 3 is 1.75 bits per heavy atom. The van der Waals surface area contributed by atoms with Gasteiger partial charge in [0.25, 0.3) is 0 Å². The summed E-state index contributed by atoms with van der Waals surface area (Å²) in [4.78, 5) is 0. The average Bonchev–Trinajstić information content (AvgIpc) is 2.14. The van der Waals surface area contributed by atoms with E-state index in [0.29, 0.717) is 0 Å². The fourth-order valence-corrected chi connectivity index (χ4v) is 0.299. The van der Waals surface area contributed by atoms with Crippen LogP contribution in [0, 0.1) is 0 Å². The van der Waals surface area contributed by atoms with Gasteiger partial charge >= 0.3 is 0 Å². The highest BCUT2D eigenvalue weighted by Gasteiger charge is 1.80. The van der Waals surface area contributed by atoms with E-state index >= 15 is 0 Å². The van der Waals surface area contributed by atoms with Crippen LogP contribution in [0.5, 0.6) is 0 Å². The van der Waals surface area contributed by atoms with Crippen molar-refractivity contribution in [2.24, 2.45) is 0 Å². The van der Waals surface area contributed by atoms with Gasteiger partial charge in [-0.15, -0.1) is 0 Å². The number of nitrogen functional groups attached to an aromatic ring is 2. The standard InChI is InChI=1S/C6H8N2/c7-5-1-2-6(8)4-3-5/h1-4H,7-8H2/i1D,2D,3D,4D/hD4. The van der Waals surface area contributed by atoms with Crippen LogP contribution in [0.2, 0.25) is 5.65 Å². The van der Waals surface area contributed by atoms with Crippen LogP contribution >= 0.6 is 0 Å². The van der Waals surface area contributed by atoms with Crippen molar-refractivity contribution >= 4 is 11.4 Å². The Balaban J connectivity index is 3.63. The fraction of sp³-hybridized carbons (Fsp3) is 0. The Bertz CT molecular complexity index is 349. The molecule has 42 valence electrons. The van der Waals surface area contributed by atoms with Crippen LogP contribution in [0.25, 0.3) is 0 Å². The van der Waals surface area contributed by atoms with Gasteiger partial charge in [0.2, 0.25) is 0 Å². The van der Waals surface area contributed by atoms with Gasteiger partial charge in [-0.1, -0.05) is 0 Å². The Labute approximate surface area is 59.6 Å². The quantitative estimate of drug-likeness (QED) is 0.563. The summed E-state index contributed by atoms with van der Waals surface area (Å²) in [6.45, 7) is 0. The summed E-state index contributed by atoms with van der Waals surface area (Å²) in [5, 5.41) is 0. The molecule has 0 radical (unpaired) electrons. The van der Waals surface area contributed by atoms with Crippen molar-refractivity contribution in [3.8, 4) is 0 Å². The van der Waals surface area contributed by atoms with E-state index < -0.39 is 35.5 Å². The monoisotopic (exact) mass is 116 g/mol. The van der Waals surface area contributed by atoms with E-state index in [1.54, 1.807) is 0 Å². The molecule has 0 saturated carbocycles. The molecule has 0 amide bonds. The second-order valence-electron chi connectivity index (χ2n) is 1.20. The number of nitrogens with two attached hydrogens (primary N) is 2. The van der Waals surface area contributed by atoms with E-state index in [-0.39, 0.29) is 11.4 Å². The summed E-state index contributed by atoms with van der Waals surface area (Å²) < 4.78 is 57.6. The SMILES string of the molecule is [2H]c1c([2H])c(N([2H])[2H])c([2H])c([2H])c1N([2H])[2H]. The molecule has 2 heteroatoms. The lowest BCUT2D eigenvalue weighted by Crippen LogP contribution is -1.86. The van der Waals surface area contributed by atoms with Crippen molar-refractivity contribution in [3.05, 3.63) is 24.2 Å². The van der Waals surface area contributed by atoms with E-state index in [2.05, 4.69) is 0 Å². The maximum absolute atomic E-state index is 7.43. The molecule has 0 fully saturated rings. The van der Waals surface area contributed by atoms with E-state index in [9.17, 15) is 0 Å². The van der Waals surface area contributed by atoms with Crippen LogP contribution in [0.4, 0.5) is 11.4 Å². The first-order chi connectivity index (χ1) is 7.29. The van der Waals surface area contributed by atoms with E-state index in [1.165, 1.54) is 0 Å². The lowest BCUT2D eigenvalue weighted by Gasteiger charge is -1.90. The minimum absolute atomic E-state index is 0.0250. The lowest BCUT2D eigenvalue weighted by atomic mass is 10.3. The lowest BCUT2D eigenvalue weighted by molar-refractivity contribution is 1.67. The first kappa shape index (κ1) is 1.05. The zero-order valence-corrected chi connectivity index (χ0v) is 3.89. The zero-order valence-electron chi connectivity index (χ0n) is 11.9. The van der Waals surface area contributed by atoms with Gasteiger partial charge in [-0.05, 0) is 24.2 Å². The van der Waals surface area contributed by atoms with Gasteiger partial charge in [0.15, 0.2) is 5.65 Å². The molecule has 0 aliphatic carbocycles. The van der Waals surface area contributed by atoms with E-state index in [1.807, 2.05) is 0 Å². The smallest absolute Gasteiger partial charge is 0.156 e. The second-order valence-corrected chi connectivity index (χ2v) is 1.20. The predicted octanol–water partition coefficient (Wildman–Crippen LogP) is 0.851. The summed E-state index contributed by atoms with van der Waals surface area (Å²) in [6.07, 6.45) is 0.